The molecule has 1 aromatic carbocycles. The van der Waals surface area contributed by atoms with Crippen LogP contribution in [0.25, 0.3) is 0 Å². The first-order valence-electron chi connectivity index (χ1n) is 5.36. The Bertz CT molecular complexity index is 724. The molecule has 2 aromatic rings. The van der Waals surface area contributed by atoms with Gasteiger partial charge >= 0.3 is 0 Å². The van der Waals surface area contributed by atoms with Gasteiger partial charge < -0.3 is 10.5 Å². The van der Waals surface area contributed by atoms with Gasteiger partial charge in [0.25, 0.3) is 10.0 Å². The molecule has 0 saturated carbocycles. The van der Waals surface area contributed by atoms with Gasteiger partial charge in [-0.05, 0) is 28.1 Å². The highest BCUT2D eigenvalue weighted by molar-refractivity contribution is 9.10. The lowest BCUT2D eigenvalue weighted by atomic mass is 10.2. The molecule has 0 radical (unpaired) electrons. The van der Waals surface area contributed by atoms with Crippen molar-refractivity contribution in [3.8, 4) is 5.75 Å². The number of ether oxygens (including phenoxy) is 1. The van der Waals surface area contributed by atoms with Crippen LogP contribution in [0.1, 0.15) is 0 Å². The lowest BCUT2D eigenvalue weighted by Gasteiger charge is -2.12. The van der Waals surface area contributed by atoms with Crippen molar-refractivity contribution in [2.45, 2.75) is 5.03 Å². The SMILES string of the molecule is COc1cc(N)ccc1NS(=O)(=O)c1c(Br)nnn1C. The number of halogens is 1. The van der Waals surface area contributed by atoms with Crippen molar-refractivity contribution in [3.63, 3.8) is 0 Å². The van der Waals surface area contributed by atoms with E-state index in [0.29, 0.717) is 11.4 Å². The first kappa shape index (κ1) is 14.6. The third-order valence-electron chi connectivity index (χ3n) is 2.46. The molecule has 20 heavy (non-hydrogen) atoms. The fraction of sp³-hybridized carbons (Fsp3) is 0.200. The van der Waals surface area contributed by atoms with Crippen molar-refractivity contribution < 1.29 is 13.2 Å². The molecule has 0 amide bonds. The first-order chi connectivity index (χ1) is 9.35. The van der Waals surface area contributed by atoms with Crippen LogP contribution in [0.4, 0.5) is 11.4 Å². The predicted molar refractivity (Wildman–Crippen MR) is 76.9 cm³/mol. The summed E-state index contributed by atoms with van der Waals surface area (Å²) in [5, 5.41) is 7.18. The molecule has 0 aliphatic carbocycles. The van der Waals surface area contributed by atoms with E-state index in [1.54, 1.807) is 6.07 Å². The zero-order chi connectivity index (χ0) is 14.9. The second-order valence-electron chi connectivity index (χ2n) is 3.87. The van der Waals surface area contributed by atoms with E-state index in [4.69, 9.17) is 10.5 Å². The van der Waals surface area contributed by atoms with E-state index >= 15 is 0 Å². The molecule has 0 aliphatic heterocycles. The number of anilines is 2. The molecule has 3 N–H and O–H groups in total. The third-order valence-corrected chi connectivity index (χ3v) is 4.71. The molecule has 10 heteroatoms. The fourth-order valence-corrected chi connectivity index (χ4v) is 3.76. The molecular weight excluding hydrogens is 350 g/mol. The summed E-state index contributed by atoms with van der Waals surface area (Å²) in [4.78, 5) is 0. The fourth-order valence-electron chi connectivity index (χ4n) is 1.59. The molecule has 0 aliphatic rings. The number of aromatic nitrogens is 3. The molecule has 0 unspecified atom stereocenters. The number of hydrogen-bond acceptors (Lipinski definition) is 6. The van der Waals surface area contributed by atoms with Gasteiger partial charge in [-0.3, -0.25) is 4.72 Å². The number of benzene rings is 1. The maximum Gasteiger partial charge on any atom is 0.282 e. The average Bonchev–Trinajstić information content (AvgIpc) is 2.71. The van der Waals surface area contributed by atoms with Gasteiger partial charge in [0, 0.05) is 18.8 Å². The minimum absolute atomic E-state index is 0.0867. The van der Waals surface area contributed by atoms with Gasteiger partial charge in [-0.15, -0.1) is 5.10 Å². The summed E-state index contributed by atoms with van der Waals surface area (Å²) in [6.45, 7) is 0. The van der Waals surface area contributed by atoms with Gasteiger partial charge in [0.15, 0.2) is 4.60 Å². The number of methoxy groups -OCH3 is 1. The minimum Gasteiger partial charge on any atom is -0.494 e. The van der Waals surface area contributed by atoms with E-state index in [2.05, 4.69) is 31.0 Å². The molecule has 1 heterocycles. The van der Waals surface area contributed by atoms with E-state index in [-0.39, 0.29) is 15.3 Å². The minimum atomic E-state index is -3.86. The number of rotatable bonds is 4. The summed E-state index contributed by atoms with van der Waals surface area (Å²) in [6.07, 6.45) is 0. The van der Waals surface area contributed by atoms with Crippen LogP contribution in [0.15, 0.2) is 27.8 Å². The van der Waals surface area contributed by atoms with Gasteiger partial charge in [0.2, 0.25) is 5.03 Å². The van der Waals surface area contributed by atoms with Gasteiger partial charge in [-0.2, -0.15) is 8.42 Å². The van der Waals surface area contributed by atoms with E-state index in [1.165, 1.54) is 26.3 Å². The maximum atomic E-state index is 12.3. The number of nitrogen functional groups attached to an aromatic ring is 1. The van der Waals surface area contributed by atoms with Crippen molar-refractivity contribution in [2.75, 3.05) is 17.6 Å². The highest BCUT2D eigenvalue weighted by atomic mass is 79.9. The summed E-state index contributed by atoms with van der Waals surface area (Å²) >= 11 is 3.05. The molecule has 8 nitrogen and oxygen atoms in total. The predicted octanol–water partition coefficient (Wildman–Crippen LogP) is 0.969. The molecule has 0 spiro atoms. The number of aryl methyl sites for hydroxylation is 1. The Hall–Kier alpha value is -1.81. The van der Waals surface area contributed by atoms with Gasteiger partial charge in [-0.25, -0.2) is 4.68 Å². The quantitative estimate of drug-likeness (QED) is 0.784. The maximum absolute atomic E-state index is 12.3. The molecule has 0 atom stereocenters. The van der Waals surface area contributed by atoms with Crippen LogP contribution in [0.3, 0.4) is 0 Å². The first-order valence-corrected chi connectivity index (χ1v) is 7.64. The Labute approximate surface area is 124 Å². The number of sulfonamides is 1. The van der Waals surface area contributed by atoms with Crippen LogP contribution in [-0.4, -0.2) is 30.5 Å². The Kier molecular flexibility index (Phi) is 3.86. The highest BCUT2D eigenvalue weighted by Crippen LogP contribution is 2.29. The van der Waals surface area contributed by atoms with E-state index in [1.807, 2.05) is 0 Å². The normalized spacial score (nSPS) is 11.3. The summed E-state index contributed by atoms with van der Waals surface area (Å²) in [7, 11) is -0.953. The van der Waals surface area contributed by atoms with Gasteiger partial charge in [0.05, 0.1) is 12.8 Å². The second kappa shape index (κ2) is 5.29. The summed E-state index contributed by atoms with van der Waals surface area (Å²) in [5.41, 5.74) is 6.36. The second-order valence-corrected chi connectivity index (χ2v) is 6.22. The van der Waals surface area contributed by atoms with Crippen molar-refractivity contribution in [3.05, 3.63) is 22.8 Å². The molecule has 1 aromatic heterocycles. The van der Waals surface area contributed by atoms with Crippen LogP contribution in [-0.2, 0) is 17.1 Å². The highest BCUT2D eigenvalue weighted by Gasteiger charge is 2.25. The monoisotopic (exact) mass is 361 g/mol. The van der Waals surface area contributed by atoms with Crippen molar-refractivity contribution in [2.24, 2.45) is 7.05 Å². The van der Waals surface area contributed by atoms with Gasteiger partial charge in [0.1, 0.15) is 5.75 Å². The smallest absolute Gasteiger partial charge is 0.282 e. The zero-order valence-electron chi connectivity index (χ0n) is 10.7. The average molecular weight is 362 g/mol. The van der Waals surface area contributed by atoms with Crippen LogP contribution in [0.2, 0.25) is 0 Å². The van der Waals surface area contributed by atoms with E-state index < -0.39 is 10.0 Å². The van der Waals surface area contributed by atoms with Crippen LogP contribution < -0.4 is 15.2 Å². The number of nitrogens with zero attached hydrogens (tertiary/aromatic N) is 3. The lowest BCUT2D eigenvalue weighted by Crippen LogP contribution is -2.17. The molecule has 0 saturated heterocycles. The number of hydrogen-bond donors (Lipinski definition) is 2. The van der Waals surface area contributed by atoms with Crippen molar-refractivity contribution >= 4 is 37.3 Å². The summed E-state index contributed by atoms with van der Waals surface area (Å²) < 4.78 is 33.4. The molecule has 2 rings (SSSR count). The lowest BCUT2D eigenvalue weighted by molar-refractivity contribution is 0.417. The van der Waals surface area contributed by atoms with Crippen LogP contribution >= 0.6 is 15.9 Å². The summed E-state index contributed by atoms with van der Waals surface area (Å²) in [6, 6.07) is 4.61. The molecular formula is C10H12BrN5O3S. The number of nitrogens with one attached hydrogen (secondary N) is 1. The molecule has 0 fully saturated rings. The van der Waals surface area contributed by atoms with Crippen LogP contribution in [0.5, 0.6) is 5.75 Å². The topological polar surface area (TPSA) is 112 Å². The van der Waals surface area contributed by atoms with E-state index in [0.717, 1.165) is 4.68 Å². The molecule has 108 valence electrons. The zero-order valence-corrected chi connectivity index (χ0v) is 13.1. The Morgan fingerprint density at radius 1 is 1.45 bits per heavy atom. The summed E-state index contributed by atoms with van der Waals surface area (Å²) in [5.74, 6) is 0.319. The van der Waals surface area contributed by atoms with E-state index in [9.17, 15) is 8.42 Å². The standard InChI is InChI=1S/C10H12BrN5O3S/c1-16-10(9(11)13-15-16)20(17,18)14-7-4-3-6(12)5-8(7)19-2/h3-5,14H,12H2,1-2H3. The van der Waals surface area contributed by atoms with Crippen molar-refractivity contribution in [1.82, 2.24) is 15.0 Å². The Morgan fingerprint density at radius 2 is 2.15 bits per heavy atom. The number of nitrogens with two attached hydrogens (primary N) is 1. The van der Waals surface area contributed by atoms with Crippen molar-refractivity contribution in [1.29, 1.82) is 0 Å². The Morgan fingerprint density at radius 3 is 2.70 bits per heavy atom. The van der Waals surface area contributed by atoms with Crippen LogP contribution in [0, 0.1) is 0 Å². The molecule has 0 bridgehead atoms. The largest absolute Gasteiger partial charge is 0.494 e. The third kappa shape index (κ3) is 2.70. The van der Waals surface area contributed by atoms with Gasteiger partial charge in [-0.1, -0.05) is 5.21 Å². The Balaban J connectivity index is 2.44.